The van der Waals surface area contributed by atoms with Crippen LogP contribution in [0.5, 0.6) is 0 Å². The standard InChI is InChI=1S/C14H22N4O/c1-2-4-14(5-8-15-9-6-14)13(19)17-10-12-3-7-16-11-18-12/h3,7,11,15H,2,4-6,8-10H2,1H3,(H,17,19). The van der Waals surface area contributed by atoms with Crippen LogP contribution in [0.2, 0.25) is 0 Å². The molecule has 0 aromatic carbocycles. The van der Waals surface area contributed by atoms with E-state index in [0.29, 0.717) is 6.54 Å². The molecule has 1 aromatic rings. The zero-order valence-corrected chi connectivity index (χ0v) is 11.5. The highest BCUT2D eigenvalue weighted by molar-refractivity contribution is 5.82. The Labute approximate surface area is 114 Å². The van der Waals surface area contributed by atoms with Crippen LogP contribution in [-0.2, 0) is 11.3 Å². The summed E-state index contributed by atoms with van der Waals surface area (Å²) in [5.41, 5.74) is 0.663. The number of hydrogen-bond acceptors (Lipinski definition) is 4. The van der Waals surface area contributed by atoms with Crippen molar-refractivity contribution in [2.45, 2.75) is 39.2 Å². The third-order valence-electron chi connectivity index (χ3n) is 3.84. The van der Waals surface area contributed by atoms with Crippen LogP contribution in [0.3, 0.4) is 0 Å². The SMILES string of the molecule is CCCC1(C(=O)NCc2ccncn2)CCNCC1. The average Bonchev–Trinajstić information content (AvgIpc) is 2.47. The molecule has 2 heterocycles. The number of hydrogen-bond donors (Lipinski definition) is 2. The van der Waals surface area contributed by atoms with Crippen LogP contribution in [0, 0.1) is 5.41 Å². The van der Waals surface area contributed by atoms with E-state index in [1.165, 1.54) is 6.33 Å². The quantitative estimate of drug-likeness (QED) is 0.838. The summed E-state index contributed by atoms with van der Waals surface area (Å²) in [7, 11) is 0. The summed E-state index contributed by atoms with van der Waals surface area (Å²) in [5, 5.41) is 6.36. The fourth-order valence-corrected chi connectivity index (χ4v) is 2.76. The molecule has 0 bridgehead atoms. The molecule has 104 valence electrons. The van der Waals surface area contributed by atoms with E-state index >= 15 is 0 Å². The molecule has 2 N–H and O–H groups in total. The van der Waals surface area contributed by atoms with Crippen LogP contribution in [0.25, 0.3) is 0 Å². The van der Waals surface area contributed by atoms with Crippen molar-refractivity contribution in [1.29, 1.82) is 0 Å². The second-order valence-corrected chi connectivity index (χ2v) is 5.16. The summed E-state index contributed by atoms with van der Waals surface area (Å²) < 4.78 is 0. The van der Waals surface area contributed by atoms with Gasteiger partial charge in [-0.15, -0.1) is 0 Å². The van der Waals surface area contributed by atoms with Gasteiger partial charge >= 0.3 is 0 Å². The van der Waals surface area contributed by atoms with Crippen molar-refractivity contribution >= 4 is 5.91 Å². The summed E-state index contributed by atoms with van der Waals surface area (Å²) in [5.74, 6) is 0.175. The van der Waals surface area contributed by atoms with Crippen molar-refractivity contribution in [3.05, 3.63) is 24.3 Å². The van der Waals surface area contributed by atoms with E-state index in [-0.39, 0.29) is 11.3 Å². The lowest BCUT2D eigenvalue weighted by Gasteiger charge is -2.36. The predicted octanol–water partition coefficient (Wildman–Crippen LogP) is 1.26. The van der Waals surface area contributed by atoms with Crippen LogP contribution < -0.4 is 10.6 Å². The van der Waals surface area contributed by atoms with E-state index in [2.05, 4.69) is 27.5 Å². The van der Waals surface area contributed by atoms with Crippen LogP contribution in [-0.4, -0.2) is 29.0 Å². The van der Waals surface area contributed by atoms with Crippen molar-refractivity contribution in [3.8, 4) is 0 Å². The van der Waals surface area contributed by atoms with Crippen LogP contribution in [0.4, 0.5) is 0 Å². The minimum absolute atomic E-state index is 0.175. The highest BCUT2D eigenvalue weighted by Crippen LogP contribution is 2.34. The van der Waals surface area contributed by atoms with Crippen LogP contribution >= 0.6 is 0 Å². The van der Waals surface area contributed by atoms with Crippen LogP contribution in [0.1, 0.15) is 38.3 Å². The topological polar surface area (TPSA) is 66.9 Å². The lowest BCUT2D eigenvalue weighted by atomic mass is 9.74. The molecule has 0 spiro atoms. The first-order valence-electron chi connectivity index (χ1n) is 7.01. The smallest absolute Gasteiger partial charge is 0.226 e. The minimum Gasteiger partial charge on any atom is -0.350 e. The molecule has 5 heteroatoms. The normalized spacial score (nSPS) is 17.9. The first kappa shape index (κ1) is 13.9. The third kappa shape index (κ3) is 3.50. The van der Waals surface area contributed by atoms with Crippen molar-refractivity contribution in [2.75, 3.05) is 13.1 Å². The molecule has 1 fully saturated rings. The maximum absolute atomic E-state index is 12.5. The molecule has 1 aliphatic rings. The van der Waals surface area contributed by atoms with Gasteiger partial charge in [0, 0.05) is 6.20 Å². The molecule has 1 aliphatic heterocycles. The molecule has 0 aliphatic carbocycles. The van der Waals surface area contributed by atoms with Gasteiger partial charge in [0.15, 0.2) is 0 Å². The van der Waals surface area contributed by atoms with Gasteiger partial charge in [-0.1, -0.05) is 13.3 Å². The molecular formula is C14H22N4O. The first-order chi connectivity index (χ1) is 9.27. The molecular weight excluding hydrogens is 240 g/mol. The van der Waals surface area contributed by atoms with Crippen molar-refractivity contribution in [1.82, 2.24) is 20.6 Å². The van der Waals surface area contributed by atoms with Gasteiger partial charge in [0.2, 0.25) is 5.91 Å². The number of carbonyl (C=O) groups is 1. The fraction of sp³-hybridized carbons (Fsp3) is 0.643. The van der Waals surface area contributed by atoms with Crippen LogP contribution in [0.15, 0.2) is 18.6 Å². The monoisotopic (exact) mass is 262 g/mol. The van der Waals surface area contributed by atoms with Gasteiger partial charge in [-0.3, -0.25) is 4.79 Å². The molecule has 1 aromatic heterocycles. The Bertz CT molecular complexity index is 396. The van der Waals surface area contributed by atoms with Gasteiger partial charge in [-0.2, -0.15) is 0 Å². The minimum atomic E-state index is -0.187. The Morgan fingerprint density at radius 3 is 2.89 bits per heavy atom. The molecule has 0 unspecified atom stereocenters. The zero-order valence-electron chi connectivity index (χ0n) is 11.5. The molecule has 0 saturated carbocycles. The lowest BCUT2D eigenvalue weighted by Crippen LogP contribution is -2.47. The maximum atomic E-state index is 12.5. The Balaban J connectivity index is 1.96. The highest BCUT2D eigenvalue weighted by atomic mass is 16.2. The molecule has 0 radical (unpaired) electrons. The number of nitrogens with one attached hydrogen (secondary N) is 2. The highest BCUT2D eigenvalue weighted by Gasteiger charge is 2.38. The molecule has 5 nitrogen and oxygen atoms in total. The second kappa shape index (κ2) is 6.61. The van der Waals surface area contributed by atoms with Gasteiger partial charge < -0.3 is 10.6 Å². The summed E-state index contributed by atoms with van der Waals surface area (Å²) in [4.78, 5) is 20.5. The number of nitrogens with zero attached hydrogens (tertiary/aromatic N) is 2. The predicted molar refractivity (Wildman–Crippen MR) is 73.3 cm³/mol. The number of aromatic nitrogens is 2. The van der Waals surface area contributed by atoms with E-state index in [0.717, 1.165) is 44.5 Å². The Morgan fingerprint density at radius 2 is 2.26 bits per heavy atom. The average molecular weight is 262 g/mol. The maximum Gasteiger partial charge on any atom is 0.226 e. The Hall–Kier alpha value is -1.49. The van der Waals surface area contributed by atoms with Crippen molar-refractivity contribution in [3.63, 3.8) is 0 Å². The second-order valence-electron chi connectivity index (χ2n) is 5.16. The molecule has 1 saturated heterocycles. The van der Waals surface area contributed by atoms with E-state index in [1.807, 2.05) is 6.07 Å². The summed E-state index contributed by atoms with van der Waals surface area (Å²) in [6.07, 6.45) is 7.06. The Kier molecular flexibility index (Phi) is 4.85. The first-order valence-corrected chi connectivity index (χ1v) is 7.01. The zero-order chi connectivity index (χ0) is 13.6. The Morgan fingerprint density at radius 1 is 1.47 bits per heavy atom. The van der Waals surface area contributed by atoms with Gasteiger partial charge in [0.05, 0.1) is 17.7 Å². The number of amides is 1. The van der Waals surface area contributed by atoms with Crippen molar-refractivity contribution < 1.29 is 4.79 Å². The van der Waals surface area contributed by atoms with Crippen molar-refractivity contribution in [2.24, 2.45) is 5.41 Å². The van der Waals surface area contributed by atoms with E-state index in [1.54, 1.807) is 6.20 Å². The van der Waals surface area contributed by atoms with E-state index in [4.69, 9.17) is 0 Å². The molecule has 2 rings (SSSR count). The molecule has 0 atom stereocenters. The van der Waals surface area contributed by atoms with Gasteiger partial charge in [0.1, 0.15) is 6.33 Å². The summed E-state index contributed by atoms with van der Waals surface area (Å²) in [6, 6.07) is 1.83. The van der Waals surface area contributed by atoms with Gasteiger partial charge in [-0.05, 0) is 38.4 Å². The largest absolute Gasteiger partial charge is 0.350 e. The van der Waals surface area contributed by atoms with Gasteiger partial charge in [0.25, 0.3) is 0 Å². The summed E-state index contributed by atoms with van der Waals surface area (Å²) >= 11 is 0. The summed E-state index contributed by atoms with van der Waals surface area (Å²) in [6.45, 7) is 4.49. The van der Waals surface area contributed by atoms with Gasteiger partial charge in [-0.25, -0.2) is 9.97 Å². The number of carbonyl (C=O) groups excluding carboxylic acids is 1. The number of rotatable bonds is 5. The molecule has 1 amide bonds. The lowest BCUT2D eigenvalue weighted by molar-refractivity contribution is -0.133. The van der Waals surface area contributed by atoms with E-state index in [9.17, 15) is 4.79 Å². The molecule has 19 heavy (non-hydrogen) atoms. The number of piperidine rings is 1. The fourth-order valence-electron chi connectivity index (χ4n) is 2.76. The van der Waals surface area contributed by atoms with E-state index < -0.39 is 0 Å². The third-order valence-corrected chi connectivity index (χ3v) is 3.84.